The fourth-order valence-corrected chi connectivity index (χ4v) is 5.11. The second-order valence-corrected chi connectivity index (χ2v) is 10.1. The third-order valence-corrected chi connectivity index (χ3v) is 6.95. The molecule has 0 aliphatic heterocycles. The van der Waals surface area contributed by atoms with Crippen LogP contribution in [0.1, 0.15) is 22.9 Å². The smallest absolute Gasteiger partial charge is 0.383 e. The molecule has 1 aromatic carbocycles. The van der Waals surface area contributed by atoms with Gasteiger partial charge in [0.2, 0.25) is 11.7 Å². The van der Waals surface area contributed by atoms with Crippen molar-refractivity contribution in [3.63, 3.8) is 0 Å². The summed E-state index contributed by atoms with van der Waals surface area (Å²) in [5.74, 6) is -0.493. The summed E-state index contributed by atoms with van der Waals surface area (Å²) in [7, 11) is 1.63. The van der Waals surface area contributed by atoms with Gasteiger partial charge in [0.15, 0.2) is 0 Å². The number of ether oxygens (including phenoxy) is 1. The number of thiophene rings is 1. The van der Waals surface area contributed by atoms with Crippen LogP contribution in [0.5, 0.6) is 0 Å². The van der Waals surface area contributed by atoms with E-state index >= 15 is 0 Å². The highest BCUT2D eigenvalue weighted by Gasteiger charge is 2.33. The number of benzene rings is 1. The predicted molar refractivity (Wildman–Crippen MR) is 143 cm³/mol. The Balaban J connectivity index is 0.000000273. The molecule has 0 aliphatic rings. The number of nitrogens with two attached hydrogens (primary N) is 1. The topological polar surface area (TPSA) is 117 Å². The molecule has 2 heterocycles. The number of aromatic nitrogens is 2. The van der Waals surface area contributed by atoms with Crippen LogP contribution in [-0.2, 0) is 15.7 Å². The van der Waals surface area contributed by atoms with Crippen LogP contribution in [-0.4, -0.2) is 46.2 Å². The number of carbonyl (C=O) groups is 1. The van der Waals surface area contributed by atoms with Crippen molar-refractivity contribution in [2.24, 2.45) is 0 Å². The molecular weight excluding hydrogens is 594 g/mol. The van der Waals surface area contributed by atoms with Gasteiger partial charge in [-0.2, -0.15) is 18.3 Å². The van der Waals surface area contributed by atoms with Crippen LogP contribution in [0.25, 0.3) is 5.69 Å². The summed E-state index contributed by atoms with van der Waals surface area (Å²) in [5, 5.41) is 15.6. The SMILES string of the molecule is COCC(C)N(C(=O)CCl)c1c(C)csc1C.Nc1c([N+](=O)[O-])cnn1-c1c(Cl)cc(C(F)(F)F)cc1Cl. The van der Waals surface area contributed by atoms with Crippen molar-refractivity contribution in [2.75, 3.05) is 30.2 Å². The Labute approximate surface area is 235 Å². The van der Waals surface area contributed by atoms with Gasteiger partial charge in [-0.3, -0.25) is 14.9 Å². The molecule has 0 bridgehead atoms. The summed E-state index contributed by atoms with van der Waals surface area (Å²) < 4.78 is 43.8. The first-order valence-electron chi connectivity index (χ1n) is 10.6. The lowest BCUT2D eigenvalue weighted by molar-refractivity contribution is -0.383. The van der Waals surface area contributed by atoms with Crippen LogP contribution >= 0.6 is 46.1 Å². The Kier molecular flexibility index (Phi) is 10.8. The van der Waals surface area contributed by atoms with E-state index in [1.165, 1.54) is 0 Å². The molecule has 1 atom stereocenters. The zero-order valence-electron chi connectivity index (χ0n) is 20.5. The van der Waals surface area contributed by atoms with Crippen LogP contribution in [0.2, 0.25) is 10.0 Å². The Morgan fingerprint density at radius 3 is 2.29 bits per heavy atom. The lowest BCUT2D eigenvalue weighted by atomic mass is 10.2. The molecule has 0 aliphatic carbocycles. The van der Waals surface area contributed by atoms with E-state index in [0.717, 1.165) is 27.0 Å². The molecule has 0 fully saturated rings. The van der Waals surface area contributed by atoms with Gasteiger partial charge in [0.05, 0.1) is 38.9 Å². The highest BCUT2D eigenvalue weighted by atomic mass is 35.5. The van der Waals surface area contributed by atoms with E-state index < -0.39 is 28.2 Å². The van der Waals surface area contributed by atoms with Crippen molar-refractivity contribution >= 4 is 69.2 Å². The average Bonchev–Trinajstić information content (AvgIpc) is 3.36. The number of nitrogen functional groups attached to an aromatic ring is 1. The largest absolute Gasteiger partial charge is 0.416 e. The maximum atomic E-state index is 12.6. The third kappa shape index (κ3) is 7.08. The number of aryl methyl sites for hydroxylation is 2. The molecule has 3 aromatic rings. The van der Waals surface area contributed by atoms with Crippen molar-refractivity contribution < 1.29 is 27.6 Å². The number of amides is 1. The maximum absolute atomic E-state index is 12.6. The molecular formula is C22H23Cl3F3N5O4S. The first kappa shape index (κ1) is 31.6. The van der Waals surface area contributed by atoms with Crippen LogP contribution in [0, 0.1) is 24.0 Å². The van der Waals surface area contributed by atoms with E-state index in [4.69, 9.17) is 45.3 Å². The first-order valence-corrected chi connectivity index (χ1v) is 12.8. The number of anilines is 2. The normalized spacial score (nSPS) is 12.1. The van der Waals surface area contributed by atoms with Crippen LogP contribution in [0.15, 0.2) is 23.7 Å². The third-order valence-electron chi connectivity index (χ3n) is 5.13. The summed E-state index contributed by atoms with van der Waals surface area (Å²) in [5.41, 5.74) is 5.86. The van der Waals surface area contributed by atoms with Crippen LogP contribution < -0.4 is 10.6 Å². The minimum Gasteiger partial charge on any atom is -0.383 e. The summed E-state index contributed by atoms with van der Waals surface area (Å²) in [6.07, 6.45) is -3.78. The van der Waals surface area contributed by atoms with Crippen LogP contribution in [0.4, 0.5) is 30.4 Å². The van der Waals surface area contributed by atoms with Gasteiger partial charge in [0.25, 0.3) is 0 Å². The number of carbonyl (C=O) groups excluding carboxylic acids is 1. The molecule has 0 spiro atoms. The summed E-state index contributed by atoms with van der Waals surface area (Å²) in [6.45, 7) is 6.48. The molecule has 16 heteroatoms. The monoisotopic (exact) mass is 615 g/mol. The lowest BCUT2D eigenvalue weighted by Crippen LogP contribution is -2.42. The molecule has 2 aromatic heterocycles. The van der Waals surface area contributed by atoms with Gasteiger partial charge in [-0.25, -0.2) is 4.68 Å². The molecule has 2 N–H and O–H groups in total. The number of methoxy groups -OCH3 is 1. The quantitative estimate of drug-likeness (QED) is 0.180. The number of nitro groups is 1. The number of rotatable bonds is 7. The first-order chi connectivity index (χ1) is 17.6. The average molecular weight is 617 g/mol. The van der Waals surface area contributed by atoms with E-state index in [1.807, 2.05) is 20.8 Å². The van der Waals surface area contributed by atoms with Crippen molar-refractivity contribution in [3.8, 4) is 5.69 Å². The molecule has 3 rings (SSSR count). The Morgan fingerprint density at radius 1 is 1.32 bits per heavy atom. The molecule has 0 saturated carbocycles. The second kappa shape index (κ2) is 13.0. The van der Waals surface area contributed by atoms with Gasteiger partial charge in [0.1, 0.15) is 17.8 Å². The van der Waals surface area contributed by atoms with Gasteiger partial charge in [-0.1, -0.05) is 23.2 Å². The Hall–Kier alpha value is -2.58. The van der Waals surface area contributed by atoms with E-state index in [0.29, 0.717) is 18.7 Å². The van der Waals surface area contributed by atoms with Crippen LogP contribution in [0.3, 0.4) is 0 Å². The highest BCUT2D eigenvalue weighted by Crippen LogP contribution is 2.39. The minimum atomic E-state index is -4.63. The fraction of sp³-hybridized carbons (Fsp3) is 0.364. The van der Waals surface area contributed by atoms with E-state index in [1.54, 1.807) is 23.3 Å². The summed E-state index contributed by atoms with van der Waals surface area (Å²) >= 11 is 18.9. The van der Waals surface area contributed by atoms with E-state index in [-0.39, 0.29) is 33.6 Å². The standard InChI is InChI=1S/C12H18ClNO2S.C10H5Cl2F3N4O2/c1-8-7-17-10(3)12(8)14(11(15)5-13)9(2)6-16-4;11-5-1-4(10(13,14)15)2-6(12)8(5)18-9(16)7(3-17-18)19(20)21/h7,9H,5-6H2,1-4H3;1-3H,16H2. The zero-order valence-corrected chi connectivity index (χ0v) is 23.6. The molecule has 0 saturated heterocycles. The van der Waals surface area contributed by atoms with Gasteiger partial charge in [-0.15, -0.1) is 22.9 Å². The van der Waals surface area contributed by atoms with E-state index in [2.05, 4.69) is 10.5 Å². The molecule has 1 unspecified atom stereocenters. The molecule has 0 radical (unpaired) electrons. The van der Waals surface area contributed by atoms with Crippen molar-refractivity contribution in [3.05, 3.63) is 59.9 Å². The number of hydrogen-bond donors (Lipinski definition) is 1. The second-order valence-electron chi connectivity index (χ2n) is 7.90. The summed E-state index contributed by atoms with van der Waals surface area (Å²) in [4.78, 5) is 24.7. The molecule has 208 valence electrons. The minimum absolute atomic E-state index is 0.0111. The number of halogens is 6. The van der Waals surface area contributed by atoms with Gasteiger partial charge < -0.3 is 15.4 Å². The zero-order chi connectivity index (χ0) is 28.9. The van der Waals surface area contributed by atoms with Gasteiger partial charge >= 0.3 is 11.9 Å². The molecule has 9 nitrogen and oxygen atoms in total. The lowest BCUT2D eigenvalue weighted by Gasteiger charge is -2.29. The Morgan fingerprint density at radius 2 is 1.89 bits per heavy atom. The molecule has 38 heavy (non-hydrogen) atoms. The summed E-state index contributed by atoms with van der Waals surface area (Å²) in [6, 6.07) is 1.25. The van der Waals surface area contributed by atoms with Crippen molar-refractivity contribution in [2.45, 2.75) is 33.0 Å². The van der Waals surface area contributed by atoms with Crippen molar-refractivity contribution in [1.82, 2.24) is 9.78 Å². The number of nitrogens with zero attached hydrogens (tertiary/aromatic N) is 4. The van der Waals surface area contributed by atoms with Gasteiger partial charge in [-0.05, 0) is 43.8 Å². The van der Waals surface area contributed by atoms with E-state index in [9.17, 15) is 28.1 Å². The van der Waals surface area contributed by atoms with Gasteiger partial charge in [0, 0.05) is 12.0 Å². The predicted octanol–water partition coefficient (Wildman–Crippen LogP) is 6.66. The highest BCUT2D eigenvalue weighted by molar-refractivity contribution is 7.10. The Bertz CT molecular complexity index is 1270. The molecule has 1 amide bonds. The number of alkyl halides is 4. The van der Waals surface area contributed by atoms with Crippen molar-refractivity contribution in [1.29, 1.82) is 0 Å². The number of hydrogen-bond acceptors (Lipinski definition) is 7. The fourth-order valence-electron chi connectivity index (χ4n) is 3.50. The maximum Gasteiger partial charge on any atom is 0.416 e.